The van der Waals surface area contributed by atoms with Crippen molar-refractivity contribution in [3.63, 3.8) is 0 Å². The van der Waals surface area contributed by atoms with Crippen molar-refractivity contribution in [1.29, 1.82) is 0 Å². The van der Waals surface area contributed by atoms with Crippen LogP contribution in [-0.4, -0.2) is 45.5 Å². The summed E-state index contributed by atoms with van der Waals surface area (Å²) in [7, 11) is 0. The van der Waals surface area contributed by atoms with Gasteiger partial charge in [0.2, 0.25) is 0 Å². The van der Waals surface area contributed by atoms with E-state index in [1.165, 1.54) is 11.0 Å². The lowest BCUT2D eigenvalue weighted by Crippen LogP contribution is -2.58. The minimum Gasteiger partial charge on any atom is -0.315 e. The number of anilines is 2. The molecule has 3 aromatic rings. The quantitative estimate of drug-likeness (QED) is 0.384. The molecular formula is C26H27FN4O3. The third kappa shape index (κ3) is 4.45. The maximum atomic E-state index is 14.2. The van der Waals surface area contributed by atoms with Gasteiger partial charge in [0.15, 0.2) is 6.17 Å². The Labute approximate surface area is 198 Å². The highest BCUT2D eigenvalue weighted by Crippen LogP contribution is 2.38. The van der Waals surface area contributed by atoms with E-state index in [4.69, 9.17) is 0 Å². The van der Waals surface area contributed by atoms with Crippen LogP contribution in [0.5, 0.6) is 0 Å². The standard InChI is InChI=1S/C26H27FN4O3/c1-26(2)23(31(34)24(32)28-20-12-5-3-6-13-20)30(21-14-7-4-8-15-21)25(33)29(26)18-17-19-11-9-10-16-22(19)27/h3-16,23,34H,17-18H2,1-2H3,(H,28,32)/t23-/m1/s1. The summed E-state index contributed by atoms with van der Waals surface area (Å²) >= 11 is 0. The van der Waals surface area contributed by atoms with Gasteiger partial charge in [-0.25, -0.2) is 14.0 Å². The number of urea groups is 2. The maximum Gasteiger partial charge on any atom is 0.347 e. The smallest absolute Gasteiger partial charge is 0.315 e. The normalized spacial score (nSPS) is 17.1. The molecule has 8 heteroatoms. The second-order valence-electron chi connectivity index (χ2n) is 8.65. The van der Waals surface area contributed by atoms with E-state index in [2.05, 4.69) is 5.32 Å². The zero-order valence-electron chi connectivity index (χ0n) is 19.1. The SMILES string of the molecule is CC1(C)[C@@H](N(O)C(=O)Nc2ccccc2)N(c2ccccc2)C(=O)N1CCc1ccccc1F. The number of benzene rings is 3. The van der Waals surface area contributed by atoms with E-state index in [-0.39, 0.29) is 18.4 Å². The Balaban J connectivity index is 1.65. The third-order valence-electron chi connectivity index (χ3n) is 6.07. The van der Waals surface area contributed by atoms with Crippen molar-refractivity contribution in [3.8, 4) is 0 Å². The van der Waals surface area contributed by atoms with Crippen LogP contribution in [0.1, 0.15) is 19.4 Å². The molecule has 2 N–H and O–H groups in total. The number of nitrogens with one attached hydrogen (secondary N) is 1. The molecule has 1 aliphatic heterocycles. The molecule has 1 saturated heterocycles. The summed E-state index contributed by atoms with van der Waals surface area (Å²) in [5.74, 6) is -0.338. The fourth-order valence-corrected chi connectivity index (χ4v) is 4.32. The lowest BCUT2D eigenvalue weighted by Gasteiger charge is -2.38. The Morgan fingerprint density at radius 1 is 1.00 bits per heavy atom. The van der Waals surface area contributed by atoms with Crippen LogP contribution in [0.25, 0.3) is 0 Å². The number of hydroxylamine groups is 2. The van der Waals surface area contributed by atoms with Gasteiger partial charge in [-0.15, -0.1) is 0 Å². The fourth-order valence-electron chi connectivity index (χ4n) is 4.32. The largest absolute Gasteiger partial charge is 0.347 e. The van der Waals surface area contributed by atoms with Crippen LogP contribution in [-0.2, 0) is 6.42 Å². The number of nitrogens with zero attached hydrogens (tertiary/aromatic N) is 3. The van der Waals surface area contributed by atoms with Crippen molar-refractivity contribution < 1.29 is 19.2 Å². The van der Waals surface area contributed by atoms with Gasteiger partial charge in [0.1, 0.15) is 5.82 Å². The van der Waals surface area contributed by atoms with E-state index < -0.39 is 17.7 Å². The monoisotopic (exact) mass is 462 g/mol. The fraction of sp³-hybridized carbons (Fsp3) is 0.231. The highest BCUT2D eigenvalue weighted by Gasteiger charge is 2.55. The van der Waals surface area contributed by atoms with Crippen molar-refractivity contribution >= 4 is 23.4 Å². The third-order valence-corrected chi connectivity index (χ3v) is 6.07. The molecule has 0 aliphatic carbocycles. The molecular weight excluding hydrogens is 435 g/mol. The van der Waals surface area contributed by atoms with Crippen LogP contribution in [0, 0.1) is 5.82 Å². The molecule has 176 valence electrons. The lowest BCUT2D eigenvalue weighted by molar-refractivity contribution is -0.0947. The van der Waals surface area contributed by atoms with Crippen LogP contribution in [0.4, 0.5) is 25.4 Å². The van der Waals surface area contributed by atoms with E-state index >= 15 is 0 Å². The number of hydrogen-bond donors (Lipinski definition) is 2. The first-order valence-corrected chi connectivity index (χ1v) is 11.0. The Morgan fingerprint density at radius 3 is 2.24 bits per heavy atom. The first-order chi connectivity index (χ1) is 16.3. The van der Waals surface area contributed by atoms with Gasteiger partial charge in [-0.2, -0.15) is 5.06 Å². The molecule has 0 radical (unpaired) electrons. The van der Waals surface area contributed by atoms with Crippen molar-refractivity contribution in [2.24, 2.45) is 0 Å². The van der Waals surface area contributed by atoms with Gasteiger partial charge in [0, 0.05) is 17.9 Å². The number of carbonyl (C=O) groups is 2. The predicted molar refractivity (Wildman–Crippen MR) is 128 cm³/mol. The molecule has 3 aromatic carbocycles. The topological polar surface area (TPSA) is 76.1 Å². The number of para-hydroxylation sites is 2. The Bertz CT molecular complexity index is 1160. The highest BCUT2D eigenvalue weighted by atomic mass is 19.1. The van der Waals surface area contributed by atoms with E-state index in [1.807, 2.05) is 12.1 Å². The van der Waals surface area contributed by atoms with Gasteiger partial charge in [-0.05, 0) is 56.2 Å². The molecule has 0 spiro atoms. The van der Waals surface area contributed by atoms with Crippen molar-refractivity contribution in [2.75, 3.05) is 16.8 Å². The second kappa shape index (κ2) is 9.52. The average molecular weight is 463 g/mol. The Kier molecular flexibility index (Phi) is 6.51. The summed E-state index contributed by atoms with van der Waals surface area (Å²) in [6.07, 6.45) is -0.745. The van der Waals surface area contributed by atoms with Gasteiger partial charge in [0.05, 0.1) is 5.54 Å². The average Bonchev–Trinajstić information content (AvgIpc) is 3.04. The molecule has 1 fully saturated rings. The maximum absolute atomic E-state index is 14.2. The molecule has 4 rings (SSSR count). The van der Waals surface area contributed by atoms with Gasteiger partial charge in [0.25, 0.3) is 0 Å². The van der Waals surface area contributed by atoms with Gasteiger partial charge < -0.3 is 10.2 Å². The molecule has 1 atom stereocenters. The number of amides is 4. The van der Waals surface area contributed by atoms with E-state index in [0.29, 0.717) is 28.4 Å². The van der Waals surface area contributed by atoms with Gasteiger partial charge in [-0.3, -0.25) is 10.1 Å². The summed E-state index contributed by atoms with van der Waals surface area (Å²) in [6, 6.07) is 22.9. The summed E-state index contributed by atoms with van der Waals surface area (Å²) in [5, 5.41) is 14.3. The van der Waals surface area contributed by atoms with Gasteiger partial charge >= 0.3 is 12.1 Å². The lowest BCUT2D eigenvalue weighted by atomic mass is 9.99. The van der Waals surface area contributed by atoms with Crippen molar-refractivity contribution in [3.05, 3.63) is 96.3 Å². The zero-order valence-corrected chi connectivity index (χ0v) is 19.1. The summed E-state index contributed by atoms with van der Waals surface area (Å²) in [4.78, 5) is 29.5. The van der Waals surface area contributed by atoms with Crippen LogP contribution in [0.15, 0.2) is 84.9 Å². The summed E-state index contributed by atoms with van der Waals surface area (Å²) < 4.78 is 14.2. The number of carbonyl (C=O) groups excluding carboxylic acids is 2. The van der Waals surface area contributed by atoms with Crippen molar-refractivity contribution in [1.82, 2.24) is 9.96 Å². The molecule has 0 saturated carbocycles. The molecule has 34 heavy (non-hydrogen) atoms. The van der Waals surface area contributed by atoms with E-state index in [9.17, 15) is 19.2 Å². The molecule has 0 bridgehead atoms. The number of hydrogen-bond acceptors (Lipinski definition) is 3. The number of halogens is 1. The van der Waals surface area contributed by atoms with Crippen LogP contribution < -0.4 is 10.2 Å². The Hall–Kier alpha value is -3.91. The zero-order chi connectivity index (χ0) is 24.3. The minimum absolute atomic E-state index is 0.209. The molecule has 0 aromatic heterocycles. The molecule has 4 amide bonds. The molecule has 0 unspecified atom stereocenters. The summed E-state index contributed by atoms with van der Waals surface area (Å²) in [6.45, 7) is 3.76. The van der Waals surface area contributed by atoms with E-state index in [0.717, 1.165) is 0 Å². The van der Waals surface area contributed by atoms with Crippen LogP contribution in [0.2, 0.25) is 0 Å². The molecule has 7 nitrogen and oxygen atoms in total. The predicted octanol–water partition coefficient (Wildman–Crippen LogP) is 5.34. The minimum atomic E-state index is -1.04. The number of rotatable bonds is 6. The first-order valence-electron chi connectivity index (χ1n) is 11.0. The van der Waals surface area contributed by atoms with Gasteiger partial charge in [-0.1, -0.05) is 54.6 Å². The highest BCUT2D eigenvalue weighted by molar-refractivity contribution is 5.98. The Morgan fingerprint density at radius 2 is 1.59 bits per heavy atom. The first kappa shape index (κ1) is 23.3. The van der Waals surface area contributed by atoms with Crippen LogP contribution >= 0.6 is 0 Å². The molecule has 1 heterocycles. The van der Waals surface area contributed by atoms with E-state index in [1.54, 1.807) is 85.5 Å². The molecule has 1 aliphatic rings. The van der Waals surface area contributed by atoms with Crippen LogP contribution in [0.3, 0.4) is 0 Å². The summed E-state index contributed by atoms with van der Waals surface area (Å²) in [5.41, 5.74) is 0.534. The second-order valence-corrected chi connectivity index (χ2v) is 8.65. The van der Waals surface area contributed by atoms with Crippen molar-refractivity contribution in [2.45, 2.75) is 32.0 Å².